The fourth-order valence-corrected chi connectivity index (χ4v) is 2.23. The van der Waals surface area contributed by atoms with E-state index in [2.05, 4.69) is 36.0 Å². The molecule has 0 radical (unpaired) electrons. The van der Waals surface area contributed by atoms with Crippen molar-refractivity contribution in [3.05, 3.63) is 24.3 Å². The second kappa shape index (κ2) is 17.0. The van der Waals surface area contributed by atoms with Crippen molar-refractivity contribution in [2.45, 2.75) is 84.0 Å². The fourth-order valence-electron chi connectivity index (χ4n) is 2.23. The molecule has 0 aromatic heterocycles. The number of carbonyl (C=O) groups excluding carboxylic acids is 1. The monoisotopic (exact) mass is 294 g/mol. The van der Waals surface area contributed by atoms with E-state index in [1.807, 2.05) is 0 Å². The molecule has 0 aromatic carbocycles. The maximum Gasteiger partial charge on any atom is 0.305 e. The molecular formula is C19H34O2. The molecule has 0 fully saturated rings. The average molecular weight is 294 g/mol. The molecule has 0 unspecified atom stereocenters. The molecule has 0 bridgehead atoms. The molecule has 0 heterocycles. The van der Waals surface area contributed by atoms with Crippen molar-refractivity contribution in [3.63, 3.8) is 0 Å². The SMILES string of the molecule is CC/C=C/CC/C=C/CCCCCCCCCC(=O)OC. The zero-order chi connectivity index (χ0) is 15.6. The van der Waals surface area contributed by atoms with Gasteiger partial charge in [-0.15, -0.1) is 0 Å². The van der Waals surface area contributed by atoms with E-state index in [4.69, 9.17) is 0 Å². The summed E-state index contributed by atoms with van der Waals surface area (Å²) in [5.74, 6) is -0.0769. The number of allylic oxidation sites excluding steroid dienone is 4. The highest BCUT2D eigenvalue weighted by atomic mass is 16.5. The van der Waals surface area contributed by atoms with Crippen LogP contribution in [0, 0.1) is 0 Å². The fraction of sp³-hybridized carbons (Fsp3) is 0.737. The van der Waals surface area contributed by atoms with Gasteiger partial charge in [0, 0.05) is 6.42 Å². The minimum atomic E-state index is -0.0769. The summed E-state index contributed by atoms with van der Waals surface area (Å²) in [6.07, 6.45) is 23.1. The Bertz CT molecular complexity index is 279. The van der Waals surface area contributed by atoms with Crippen molar-refractivity contribution >= 4 is 5.97 Å². The van der Waals surface area contributed by atoms with Crippen molar-refractivity contribution in [1.82, 2.24) is 0 Å². The van der Waals surface area contributed by atoms with Crippen molar-refractivity contribution in [3.8, 4) is 0 Å². The Kier molecular flexibility index (Phi) is 16.2. The number of ether oxygens (including phenoxy) is 1. The highest BCUT2D eigenvalue weighted by Gasteiger charge is 1.98. The predicted octanol–water partition coefficient (Wildman–Crippen LogP) is 5.97. The van der Waals surface area contributed by atoms with Gasteiger partial charge >= 0.3 is 5.97 Å². The largest absolute Gasteiger partial charge is 0.469 e. The Balaban J connectivity index is 3.13. The summed E-state index contributed by atoms with van der Waals surface area (Å²) in [6, 6.07) is 0. The van der Waals surface area contributed by atoms with Gasteiger partial charge in [-0.05, 0) is 38.5 Å². The van der Waals surface area contributed by atoms with Crippen LogP contribution in [-0.4, -0.2) is 13.1 Å². The first-order valence-electron chi connectivity index (χ1n) is 8.68. The third-order valence-electron chi connectivity index (χ3n) is 3.55. The molecule has 0 aromatic rings. The second-order valence-electron chi connectivity index (χ2n) is 5.52. The van der Waals surface area contributed by atoms with Gasteiger partial charge in [-0.25, -0.2) is 0 Å². The summed E-state index contributed by atoms with van der Waals surface area (Å²) in [5.41, 5.74) is 0. The number of methoxy groups -OCH3 is 1. The lowest BCUT2D eigenvalue weighted by Gasteiger charge is -2.01. The number of carbonyl (C=O) groups is 1. The van der Waals surface area contributed by atoms with Gasteiger partial charge in [0.1, 0.15) is 0 Å². The van der Waals surface area contributed by atoms with Gasteiger partial charge < -0.3 is 4.74 Å². The average Bonchev–Trinajstić information content (AvgIpc) is 2.50. The van der Waals surface area contributed by atoms with Crippen molar-refractivity contribution in [1.29, 1.82) is 0 Å². The van der Waals surface area contributed by atoms with E-state index >= 15 is 0 Å². The zero-order valence-corrected chi connectivity index (χ0v) is 14.1. The first kappa shape index (κ1) is 19.9. The number of unbranched alkanes of at least 4 members (excludes halogenated alkanes) is 8. The number of hydrogen-bond donors (Lipinski definition) is 0. The molecule has 21 heavy (non-hydrogen) atoms. The van der Waals surface area contributed by atoms with Gasteiger partial charge in [0.2, 0.25) is 0 Å². The lowest BCUT2D eigenvalue weighted by atomic mass is 10.1. The van der Waals surface area contributed by atoms with Gasteiger partial charge in [0.05, 0.1) is 7.11 Å². The minimum Gasteiger partial charge on any atom is -0.469 e. The normalized spacial score (nSPS) is 11.5. The van der Waals surface area contributed by atoms with Crippen LogP contribution >= 0.6 is 0 Å². The van der Waals surface area contributed by atoms with Crippen LogP contribution in [-0.2, 0) is 9.53 Å². The molecule has 0 aliphatic heterocycles. The van der Waals surface area contributed by atoms with Gasteiger partial charge in [-0.2, -0.15) is 0 Å². The van der Waals surface area contributed by atoms with Gasteiger partial charge in [-0.1, -0.05) is 63.3 Å². The predicted molar refractivity (Wildman–Crippen MR) is 91.4 cm³/mol. The van der Waals surface area contributed by atoms with E-state index in [0.717, 1.165) is 19.3 Å². The molecule has 2 nitrogen and oxygen atoms in total. The smallest absolute Gasteiger partial charge is 0.305 e. The highest BCUT2D eigenvalue weighted by molar-refractivity contribution is 5.68. The van der Waals surface area contributed by atoms with Crippen LogP contribution in [0.1, 0.15) is 84.0 Å². The van der Waals surface area contributed by atoms with E-state index < -0.39 is 0 Å². The first-order chi connectivity index (χ1) is 10.3. The van der Waals surface area contributed by atoms with E-state index in [1.54, 1.807) is 0 Å². The Morgan fingerprint density at radius 3 is 1.90 bits per heavy atom. The Labute approximate surface area is 131 Å². The molecule has 2 heteroatoms. The van der Waals surface area contributed by atoms with Crippen LogP contribution in [0.5, 0.6) is 0 Å². The maximum absolute atomic E-state index is 10.9. The summed E-state index contributed by atoms with van der Waals surface area (Å²) in [6.45, 7) is 2.17. The summed E-state index contributed by atoms with van der Waals surface area (Å²) in [4.78, 5) is 10.9. The zero-order valence-electron chi connectivity index (χ0n) is 14.1. The van der Waals surface area contributed by atoms with Crippen LogP contribution < -0.4 is 0 Å². The minimum absolute atomic E-state index is 0.0769. The number of rotatable bonds is 14. The molecule has 0 rings (SSSR count). The molecule has 0 amide bonds. The van der Waals surface area contributed by atoms with Gasteiger partial charge in [0.25, 0.3) is 0 Å². The van der Waals surface area contributed by atoms with Crippen LogP contribution in [0.15, 0.2) is 24.3 Å². The summed E-state index contributed by atoms with van der Waals surface area (Å²) in [7, 11) is 1.46. The molecule has 0 saturated carbocycles. The first-order valence-corrected chi connectivity index (χ1v) is 8.68. The van der Waals surface area contributed by atoms with E-state index in [-0.39, 0.29) is 5.97 Å². The quantitative estimate of drug-likeness (QED) is 0.224. The third kappa shape index (κ3) is 16.9. The Morgan fingerprint density at radius 1 is 0.762 bits per heavy atom. The molecule has 0 aliphatic carbocycles. The molecule has 0 N–H and O–H groups in total. The third-order valence-corrected chi connectivity index (χ3v) is 3.55. The molecule has 0 saturated heterocycles. The van der Waals surface area contributed by atoms with Crippen molar-refractivity contribution < 1.29 is 9.53 Å². The Morgan fingerprint density at radius 2 is 1.29 bits per heavy atom. The lowest BCUT2D eigenvalue weighted by molar-refractivity contribution is -0.140. The van der Waals surface area contributed by atoms with E-state index in [0.29, 0.717) is 6.42 Å². The van der Waals surface area contributed by atoms with Crippen LogP contribution in [0.2, 0.25) is 0 Å². The van der Waals surface area contributed by atoms with Gasteiger partial charge in [-0.3, -0.25) is 4.79 Å². The molecule has 122 valence electrons. The summed E-state index contributed by atoms with van der Waals surface area (Å²) < 4.78 is 4.62. The highest BCUT2D eigenvalue weighted by Crippen LogP contribution is 2.10. The van der Waals surface area contributed by atoms with Crippen molar-refractivity contribution in [2.75, 3.05) is 7.11 Å². The summed E-state index contributed by atoms with van der Waals surface area (Å²) in [5, 5.41) is 0. The molecular weight excluding hydrogens is 260 g/mol. The maximum atomic E-state index is 10.9. The molecule has 0 aliphatic rings. The van der Waals surface area contributed by atoms with Crippen LogP contribution in [0.25, 0.3) is 0 Å². The van der Waals surface area contributed by atoms with Crippen LogP contribution in [0.3, 0.4) is 0 Å². The van der Waals surface area contributed by atoms with Gasteiger partial charge in [0.15, 0.2) is 0 Å². The number of esters is 1. The topological polar surface area (TPSA) is 26.3 Å². The van der Waals surface area contributed by atoms with E-state index in [1.165, 1.54) is 58.5 Å². The van der Waals surface area contributed by atoms with Crippen LogP contribution in [0.4, 0.5) is 0 Å². The molecule has 0 atom stereocenters. The standard InChI is InChI=1S/C19H34O2/c1-3-4-5-6-7-8-9-10-11-12-13-14-15-16-17-18-19(20)21-2/h4-5,8-9H,3,6-7,10-18H2,1-2H3/b5-4+,9-8+. The van der Waals surface area contributed by atoms with Crippen molar-refractivity contribution in [2.24, 2.45) is 0 Å². The summed E-state index contributed by atoms with van der Waals surface area (Å²) >= 11 is 0. The lowest BCUT2D eigenvalue weighted by Crippen LogP contribution is -1.99. The second-order valence-corrected chi connectivity index (χ2v) is 5.52. The number of hydrogen-bond acceptors (Lipinski definition) is 2. The molecule has 0 spiro atoms. The Hall–Kier alpha value is -1.05. The van der Waals surface area contributed by atoms with E-state index in [9.17, 15) is 4.79 Å².